The van der Waals surface area contributed by atoms with E-state index in [1.807, 2.05) is 0 Å². The topological polar surface area (TPSA) is 49.3 Å². The summed E-state index contributed by atoms with van der Waals surface area (Å²) in [5.41, 5.74) is 0.324. The van der Waals surface area contributed by atoms with Crippen LogP contribution in [-0.4, -0.2) is 24.2 Å². The summed E-state index contributed by atoms with van der Waals surface area (Å²) < 4.78 is 12.8. The molecular formula is C9H10FNO2S. The highest BCUT2D eigenvalue weighted by atomic mass is 32.1. The first-order valence-corrected chi connectivity index (χ1v) is 4.47. The molecule has 0 fully saturated rings. The number of hydrogen-bond donors (Lipinski definition) is 3. The quantitative estimate of drug-likeness (QED) is 0.654. The van der Waals surface area contributed by atoms with E-state index in [1.54, 1.807) is 0 Å². The van der Waals surface area contributed by atoms with E-state index in [0.29, 0.717) is 5.56 Å². The smallest absolute Gasteiger partial charge is 0.251 e. The van der Waals surface area contributed by atoms with E-state index in [0.717, 1.165) is 0 Å². The Morgan fingerprint density at radius 3 is 2.86 bits per heavy atom. The molecule has 0 bridgehead atoms. The summed E-state index contributed by atoms with van der Waals surface area (Å²) in [7, 11) is 0. The molecule has 0 aromatic heterocycles. The van der Waals surface area contributed by atoms with Crippen molar-refractivity contribution in [3.63, 3.8) is 0 Å². The van der Waals surface area contributed by atoms with Crippen LogP contribution >= 0.6 is 12.6 Å². The zero-order chi connectivity index (χ0) is 10.6. The number of halogens is 1. The minimum atomic E-state index is -0.466. The Labute approximate surface area is 86.4 Å². The van der Waals surface area contributed by atoms with Gasteiger partial charge in [-0.15, -0.1) is 12.6 Å². The predicted octanol–water partition coefficient (Wildman–Crippen LogP) is 0.837. The summed E-state index contributed by atoms with van der Waals surface area (Å²) in [4.78, 5) is 11.4. The Morgan fingerprint density at radius 2 is 2.29 bits per heavy atom. The number of amides is 1. The standard InChI is InChI=1S/C9H10FNO2S/c10-7-2-1-6(5-8(7)14)9(13)11-3-4-12/h1-2,5,12,14H,3-4H2,(H,11,13). The minimum Gasteiger partial charge on any atom is -0.395 e. The van der Waals surface area contributed by atoms with Crippen LogP contribution in [0.5, 0.6) is 0 Å². The molecule has 0 spiro atoms. The largest absolute Gasteiger partial charge is 0.395 e. The van der Waals surface area contributed by atoms with Crippen LogP contribution in [0.4, 0.5) is 4.39 Å². The molecule has 3 nitrogen and oxygen atoms in total. The van der Waals surface area contributed by atoms with E-state index in [-0.39, 0.29) is 24.0 Å². The fraction of sp³-hybridized carbons (Fsp3) is 0.222. The highest BCUT2D eigenvalue weighted by molar-refractivity contribution is 7.80. The molecule has 0 atom stereocenters. The predicted molar refractivity (Wildman–Crippen MR) is 53.1 cm³/mol. The second-order valence-corrected chi connectivity index (χ2v) is 3.13. The molecule has 1 aromatic carbocycles. The van der Waals surface area contributed by atoms with Crippen molar-refractivity contribution in [2.24, 2.45) is 0 Å². The van der Waals surface area contributed by atoms with Gasteiger partial charge in [0.15, 0.2) is 0 Å². The maximum atomic E-state index is 12.8. The summed E-state index contributed by atoms with van der Waals surface area (Å²) in [5, 5.41) is 10.9. The second-order valence-electron chi connectivity index (χ2n) is 2.65. The average Bonchev–Trinajstić information content (AvgIpc) is 2.18. The Bertz CT molecular complexity index is 344. The normalized spacial score (nSPS) is 9.93. The molecular weight excluding hydrogens is 205 g/mol. The van der Waals surface area contributed by atoms with Gasteiger partial charge in [-0.25, -0.2) is 4.39 Å². The van der Waals surface area contributed by atoms with E-state index < -0.39 is 5.82 Å². The molecule has 1 aromatic rings. The molecule has 0 saturated carbocycles. The van der Waals surface area contributed by atoms with Gasteiger partial charge in [-0.05, 0) is 18.2 Å². The van der Waals surface area contributed by atoms with Gasteiger partial charge in [0, 0.05) is 17.0 Å². The van der Waals surface area contributed by atoms with E-state index in [2.05, 4.69) is 17.9 Å². The molecule has 0 saturated heterocycles. The molecule has 0 aliphatic heterocycles. The monoisotopic (exact) mass is 215 g/mol. The zero-order valence-electron chi connectivity index (χ0n) is 7.33. The SMILES string of the molecule is O=C(NCCO)c1ccc(F)c(S)c1. The van der Waals surface area contributed by atoms with Crippen molar-refractivity contribution in [1.29, 1.82) is 0 Å². The molecule has 76 valence electrons. The number of thiol groups is 1. The average molecular weight is 215 g/mol. The first kappa shape index (κ1) is 11.0. The number of carbonyl (C=O) groups is 1. The van der Waals surface area contributed by atoms with Gasteiger partial charge in [-0.1, -0.05) is 0 Å². The highest BCUT2D eigenvalue weighted by Crippen LogP contribution is 2.13. The van der Waals surface area contributed by atoms with Gasteiger partial charge >= 0.3 is 0 Å². The van der Waals surface area contributed by atoms with Gasteiger partial charge < -0.3 is 10.4 Å². The first-order valence-electron chi connectivity index (χ1n) is 4.02. The molecule has 0 aliphatic carbocycles. The molecule has 0 radical (unpaired) electrons. The number of aliphatic hydroxyl groups is 1. The van der Waals surface area contributed by atoms with Crippen LogP contribution in [0.2, 0.25) is 0 Å². The van der Waals surface area contributed by atoms with Crippen molar-refractivity contribution in [2.75, 3.05) is 13.2 Å². The molecule has 14 heavy (non-hydrogen) atoms. The van der Waals surface area contributed by atoms with Gasteiger partial charge in [-0.2, -0.15) is 0 Å². The summed E-state index contributed by atoms with van der Waals surface area (Å²) in [5.74, 6) is -0.818. The van der Waals surface area contributed by atoms with Crippen molar-refractivity contribution >= 4 is 18.5 Å². The van der Waals surface area contributed by atoms with Crippen molar-refractivity contribution in [2.45, 2.75) is 4.90 Å². The van der Waals surface area contributed by atoms with Gasteiger partial charge in [-0.3, -0.25) is 4.79 Å². The third-order valence-electron chi connectivity index (χ3n) is 1.61. The van der Waals surface area contributed by atoms with Crippen LogP contribution in [0.25, 0.3) is 0 Å². The number of aliphatic hydroxyl groups excluding tert-OH is 1. The lowest BCUT2D eigenvalue weighted by molar-refractivity contribution is 0.0944. The maximum Gasteiger partial charge on any atom is 0.251 e. The van der Waals surface area contributed by atoms with Crippen LogP contribution in [-0.2, 0) is 0 Å². The minimum absolute atomic E-state index is 0.124. The number of rotatable bonds is 3. The Kier molecular flexibility index (Phi) is 3.91. The maximum absolute atomic E-state index is 12.8. The lowest BCUT2D eigenvalue weighted by Crippen LogP contribution is -2.26. The van der Waals surface area contributed by atoms with Crippen LogP contribution in [0.1, 0.15) is 10.4 Å². The second kappa shape index (κ2) is 4.97. The van der Waals surface area contributed by atoms with Gasteiger partial charge in [0.05, 0.1) is 6.61 Å². The third-order valence-corrected chi connectivity index (χ3v) is 1.95. The van der Waals surface area contributed by atoms with Crippen LogP contribution in [0, 0.1) is 5.82 Å². The van der Waals surface area contributed by atoms with Crippen molar-refractivity contribution in [3.8, 4) is 0 Å². The molecule has 0 heterocycles. The van der Waals surface area contributed by atoms with Gasteiger partial charge in [0.25, 0.3) is 5.91 Å². The lowest BCUT2D eigenvalue weighted by Gasteiger charge is -2.03. The number of nitrogens with one attached hydrogen (secondary N) is 1. The van der Waals surface area contributed by atoms with Crippen molar-refractivity contribution in [1.82, 2.24) is 5.32 Å². The molecule has 2 N–H and O–H groups in total. The Morgan fingerprint density at radius 1 is 1.57 bits per heavy atom. The summed E-state index contributed by atoms with van der Waals surface area (Å²) in [6.07, 6.45) is 0. The fourth-order valence-corrected chi connectivity index (χ4v) is 1.14. The van der Waals surface area contributed by atoms with E-state index in [4.69, 9.17) is 5.11 Å². The van der Waals surface area contributed by atoms with Gasteiger partial charge in [0.1, 0.15) is 5.82 Å². The number of benzene rings is 1. The number of hydrogen-bond acceptors (Lipinski definition) is 3. The van der Waals surface area contributed by atoms with Crippen molar-refractivity contribution in [3.05, 3.63) is 29.6 Å². The lowest BCUT2D eigenvalue weighted by atomic mass is 10.2. The fourth-order valence-electron chi connectivity index (χ4n) is 0.925. The summed E-state index contributed by atoms with van der Waals surface area (Å²) in [6, 6.07) is 3.88. The summed E-state index contributed by atoms with van der Waals surface area (Å²) >= 11 is 3.85. The molecule has 0 unspecified atom stereocenters. The summed E-state index contributed by atoms with van der Waals surface area (Å²) in [6.45, 7) is 0.0543. The van der Waals surface area contributed by atoms with Crippen LogP contribution in [0.15, 0.2) is 23.1 Å². The van der Waals surface area contributed by atoms with E-state index in [1.165, 1.54) is 18.2 Å². The van der Waals surface area contributed by atoms with Crippen LogP contribution in [0.3, 0.4) is 0 Å². The molecule has 1 amide bonds. The van der Waals surface area contributed by atoms with Crippen molar-refractivity contribution < 1.29 is 14.3 Å². The molecule has 1 rings (SSSR count). The first-order chi connectivity index (χ1) is 6.65. The van der Waals surface area contributed by atoms with Gasteiger partial charge in [0.2, 0.25) is 0 Å². The Balaban J connectivity index is 2.76. The third kappa shape index (κ3) is 2.71. The molecule has 5 heteroatoms. The van der Waals surface area contributed by atoms with E-state index in [9.17, 15) is 9.18 Å². The Hall–Kier alpha value is -1.07. The number of carbonyl (C=O) groups excluding carboxylic acids is 1. The van der Waals surface area contributed by atoms with E-state index >= 15 is 0 Å². The zero-order valence-corrected chi connectivity index (χ0v) is 8.22. The van der Waals surface area contributed by atoms with Crippen LogP contribution < -0.4 is 5.32 Å². The molecule has 0 aliphatic rings. The highest BCUT2D eigenvalue weighted by Gasteiger charge is 2.06.